The molecule has 0 heterocycles. The highest BCUT2D eigenvalue weighted by Crippen LogP contribution is 2.07. The summed E-state index contributed by atoms with van der Waals surface area (Å²) in [7, 11) is -6.54. The maximum atomic E-state index is 11.9. The van der Waals surface area contributed by atoms with Crippen molar-refractivity contribution in [2.45, 2.75) is 0 Å². The summed E-state index contributed by atoms with van der Waals surface area (Å²) in [4.78, 5) is 23.7. The maximum absolute atomic E-state index is 11.9. The van der Waals surface area contributed by atoms with E-state index in [0.717, 1.165) is 31.9 Å². The van der Waals surface area contributed by atoms with E-state index >= 15 is 0 Å². The Morgan fingerprint density at radius 2 is 0.658 bits per heavy atom. The molecule has 0 aromatic heterocycles. The van der Waals surface area contributed by atoms with Gasteiger partial charge in [-0.15, -0.1) is 0 Å². The van der Waals surface area contributed by atoms with Crippen molar-refractivity contribution in [3.63, 3.8) is 0 Å². The minimum atomic E-state index is -3.27. The van der Waals surface area contributed by atoms with E-state index in [2.05, 4.69) is 22.9 Å². The summed E-state index contributed by atoms with van der Waals surface area (Å²) in [5.41, 5.74) is 8.03. The van der Waals surface area contributed by atoms with Crippen LogP contribution in [-0.4, -0.2) is 26.2 Å². The third-order valence-electron chi connectivity index (χ3n) is 6.40. The van der Waals surface area contributed by atoms with Crippen LogP contribution in [0.4, 0.5) is 0 Å². The van der Waals surface area contributed by atoms with Crippen molar-refractivity contribution in [3.8, 4) is 22.9 Å². The van der Waals surface area contributed by atoms with Crippen LogP contribution >= 0.6 is 0 Å². The highest BCUT2D eigenvalue weighted by atomic mass is 28.4. The zero-order valence-corrected chi connectivity index (χ0v) is 22.8. The maximum Gasteiger partial charge on any atom is 0.335 e. The fraction of sp³-hybridized carbons (Fsp3) is 0. The second-order valence-electron chi connectivity index (χ2n) is 8.97. The third kappa shape index (κ3) is 5.45. The minimum Gasteiger partial charge on any atom is -0.415 e. The molecular weight excluding hydrogens is 497 g/mol. The van der Waals surface area contributed by atoms with E-state index in [0.29, 0.717) is 0 Å². The number of benzene rings is 5. The van der Waals surface area contributed by atoms with Crippen molar-refractivity contribution in [1.82, 2.24) is 0 Å². The van der Waals surface area contributed by atoms with Gasteiger partial charge >= 0.3 is 16.6 Å². The first-order valence-electron chi connectivity index (χ1n) is 12.4. The molecule has 0 saturated heterocycles. The summed E-state index contributed by atoms with van der Waals surface area (Å²) < 4.78 is 0. The lowest BCUT2D eigenvalue weighted by atomic mass is 10.1. The van der Waals surface area contributed by atoms with Gasteiger partial charge in [0.2, 0.25) is 0 Å². The summed E-state index contributed by atoms with van der Waals surface area (Å²) in [6.45, 7) is 0. The van der Waals surface area contributed by atoms with Gasteiger partial charge in [-0.1, -0.05) is 150 Å². The van der Waals surface area contributed by atoms with Crippen LogP contribution in [0.2, 0.25) is 0 Å². The number of rotatable bonds is 4. The zero-order chi connectivity index (χ0) is 26.3. The van der Waals surface area contributed by atoms with E-state index in [1.54, 1.807) is 0 Å². The molecule has 0 spiro atoms. The van der Waals surface area contributed by atoms with Gasteiger partial charge in [0.1, 0.15) is 0 Å². The molecule has 5 aromatic carbocycles. The summed E-state index contributed by atoms with van der Waals surface area (Å²) in [5.74, 6) is 6.45. The highest BCUT2D eigenvalue weighted by Gasteiger charge is 2.35. The van der Waals surface area contributed by atoms with Crippen molar-refractivity contribution >= 4 is 37.4 Å². The Kier molecular flexibility index (Phi) is 7.51. The number of hydrogen-bond acceptors (Lipinski definition) is 2. The quantitative estimate of drug-likeness (QED) is 0.282. The van der Waals surface area contributed by atoms with Gasteiger partial charge in [0.25, 0.3) is 0 Å². The lowest BCUT2D eigenvalue weighted by Crippen LogP contribution is -2.58. The van der Waals surface area contributed by atoms with Crippen LogP contribution in [0.3, 0.4) is 0 Å². The lowest BCUT2D eigenvalue weighted by Gasteiger charge is -2.20. The fourth-order valence-electron chi connectivity index (χ4n) is 4.34. The van der Waals surface area contributed by atoms with Crippen molar-refractivity contribution in [1.29, 1.82) is 0 Å². The van der Waals surface area contributed by atoms with Gasteiger partial charge in [0, 0.05) is 11.1 Å². The zero-order valence-electron chi connectivity index (χ0n) is 20.8. The molecular formula is C34H26O2Si2. The largest absolute Gasteiger partial charge is 0.415 e. The Balaban J connectivity index is 1.53. The van der Waals surface area contributed by atoms with Gasteiger partial charge in [0.15, 0.2) is 0 Å². The molecule has 5 rings (SSSR count). The second-order valence-corrected chi connectivity index (χ2v) is 14.6. The van der Waals surface area contributed by atoms with Gasteiger partial charge in [-0.25, -0.2) is 0 Å². The molecule has 0 amide bonds. The minimum absolute atomic E-state index is 0.763. The predicted molar refractivity (Wildman–Crippen MR) is 160 cm³/mol. The smallest absolute Gasteiger partial charge is 0.335 e. The Morgan fingerprint density at radius 3 is 0.947 bits per heavy atom. The molecule has 2 nitrogen and oxygen atoms in total. The average Bonchev–Trinajstić information content (AvgIpc) is 3.00. The third-order valence-corrected chi connectivity index (χ3v) is 12.1. The Morgan fingerprint density at radius 1 is 0.368 bits per heavy atom. The van der Waals surface area contributed by atoms with Crippen LogP contribution in [-0.2, 0) is 0 Å². The van der Waals surface area contributed by atoms with E-state index in [1.807, 2.05) is 146 Å². The molecule has 0 atom stereocenters. The molecule has 0 radical (unpaired) electrons. The molecule has 182 valence electrons. The van der Waals surface area contributed by atoms with Gasteiger partial charge in [-0.05, 0) is 38.9 Å². The molecule has 0 saturated carbocycles. The molecule has 0 aliphatic carbocycles. The van der Waals surface area contributed by atoms with Crippen molar-refractivity contribution < 1.29 is 9.59 Å². The first kappa shape index (κ1) is 25.2. The average molecular weight is 523 g/mol. The topological polar surface area (TPSA) is 40.5 Å². The van der Waals surface area contributed by atoms with Gasteiger partial charge in [-0.3, -0.25) is 0 Å². The number of hydrogen-bond donors (Lipinski definition) is 2. The monoisotopic (exact) mass is 522 g/mol. The van der Waals surface area contributed by atoms with E-state index in [9.17, 15) is 9.59 Å². The van der Waals surface area contributed by atoms with Gasteiger partial charge in [0.05, 0.1) is 0 Å². The summed E-state index contributed by atoms with van der Waals surface area (Å²) in [6.07, 6.45) is 0. The van der Waals surface area contributed by atoms with Crippen LogP contribution in [0.15, 0.2) is 146 Å². The predicted octanol–water partition coefficient (Wildman–Crippen LogP) is 2.97. The first-order chi connectivity index (χ1) is 18.6. The SMILES string of the molecule is O[Si](C#Cc1cccc(C#C[Si](O)(c2ccccc2)c2ccccc2)c1)(c1ccccc1)c1ccccc1. The fourth-order valence-corrected chi connectivity index (χ4v) is 8.93. The van der Waals surface area contributed by atoms with Crippen LogP contribution < -0.4 is 20.7 Å². The molecule has 38 heavy (non-hydrogen) atoms. The lowest BCUT2D eigenvalue weighted by molar-refractivity contribution is 0.584. The highest BCUT2D eigenvalue weighted by molar-refractivity contribution is 7.03. The summed E-state index contributed by atoms with van der Waals surface area (Å²) in [6, 6.07) is 46.4. The first-order valence-corrected chi connectivity index (χ1v) is 16.3. The second kappa shape index (κ2) is 11.3. The van der Waals surface area contributed by atoms with Crippen LogP contribution in [0.25, 0.3) is 0 Å². The van der Waals surface area contributed by atoms with Crippen molar-refractivity contribution in [3.05, 3.63) is 157 Å². The van der Waals surface area contributed by atoms with E-state index in [1.165, 1.54) is 0 Å². The molecule has 2 N–H and O–H groups in total. The standard InChI is InChI=1S/C34H26O2Si2/c35-37(31-16-5-1-6-17-31,32-18-7-2-8-19-32)26-24-29-14-13-15-30(28-29)25-27-38(36,33-20-9-3-10-21-33)34-22-11-4-12-23-34/h1-23,28,35-36H. The molecule has 0 bridgehead atoms. The molecule has 4 heteroatoms. The molecule has 0 unspecified atom stereocenters. The van der Waals surface area contributed by atoms with E-state index in [-0.39, 0.29) is 0 Å². The van der Waals surface area contributed by atoms with E-state index in [4.69, 9.17) is 0 Å². The molecule has 0 aliphatic rings. The Hall–Kier alpha value is -4.43. The summed E-state index contributed by atoms with van der Waals surface area (Å²) in [5, 5.41) is 3.38. The Bertz CT molecular complexity index is 1430. The van der Waals surface area contributed by atoms with Gasteiger partial charge < -0.3 is 9.59 Å². The summed E-state index contributed by atoms with van der Waals surface area (Å²) >= 11 is 0. The normalized spacial score (nSPS) is 11.0. The van der Waals surface area contributed by atoms with Crippen molar-refractivity contribution in [2.75, 3.05) is 0 Å². The molecule has 0 aliphatic heterocycles. The van der Waals surface area contributed by atoms with Crippen LogP contribution in [0.5, 0.6) is 0 Å². The van der Waals surface area contributed by atoms with Crippen molar-refractivity contribution in [2.24, 2.45) is 0 Å². The van der Waals surface area contributed by atoms with E-state index < -0.39 is 16.6 Å². The molecule has 0 fully saturated rings. The van der Waals surface area contributed by atoms with Crippen LogP contribution in [0.1, 0.15) is 11.1 Å². The van der Waals surface area contributed by atoms with Crippen LogP contribution in [0, 0.1) is 22.9 Å². The van der Waals surface area contributed by atoms with Gasteiger partial charge in [-0.2, -0.15) is 0 Å². The molecule has 5 aromatic rings. The Labute approximate surface area is 226 Å².